The molecule has 0 aromatic carbocycles. The Hall–Kier alpha value is -0.0300. The first-order valence-electron chi connectivity index (χ1n) is 4.56. The molecule has 2 nitrogen and oxygen atoms in total. The zero-order valence-electron chi connectivity index (χ0n) is 8.71. The summed E-state index contributed by atoms with van der Waals surface area (Å²) in [4.78, 5) is 0. The molecule has 0 aliphatic heterocycles. The van der Waals surface area contributed by atoms with E-state index in [9.17, 15) is 3.89 Å². The number of nitrogens with zero attached hydrogens (tertiary/aromatic N) is 2. The highest BCUT2D eigenvalue weighted by Gasteiger charge is 2.20. The van der Waals surface area contributed by atoms with Crippen LogP contribution < -0.4 is 0 Å². The van der Waals surface area contributed by atoms with E-state index in [0.717, 1.165) is 15.9 Å². The van der Waals surface area contributed by atoms with Crippen LogP contribution in [0.4, 0.5) is 3.89 Å². The number of hydrogen-bond acceptors (Lipinski definition) is 2. The molecule has 80 valence electrons. The van der Waals surface area contributed by atoms with Gasteiger partial charge in [0.15, 0.2) is 12.3 Å². The fraction of sp³-hybridized carbons (Fsp3) is 0.667. The van der Waals surface area contributed by atoms with Gasteiger partial charge in [-0.1, -0.05) is 27.7 Å². The first-order chi connectivity index (χ1) is 6.49. The standard InChI is InChI=1S/C9H14BrFN2S/c1-5(2)8-7(10)9(6(3)4)13(12-8)14-11/h5-6H,1-4H3. The van der Waals surface area contributed by atoms with Gasteiger partial charge in [-0.15, -0.1) is 3.89 Å². The molecule has 0 saturated carbocycles. The zero-order valence-corrected chi connectivity index (χ0v) is 11.1. The summed E-state index contributed by atoms with van der Waals surface area (Å²) in [6, 6.07) is 0. The second-order valence-electron chi connectivity index (χ2n) is 3.84. The molecule has 0 saturated heterocycles. The van der Waals surface area contributed by atoms with Crippen LogP contribution in [0.3, 0.4) is 0 Å². The van der Waals surface area contributed by atoms with E-state index in [2.05, 4.69) is 21.0 Å². The Morgan fingerprint density at radius 3 is 2.14 bits per heavy atom. The zero-order chi connectivity index (χ0) is 10.9. The molecule has 14 heavy (non-hydrogen) atoms. The summed E-state index contributed by atoms with van der Waals surface area (Å²) in [6.07, 6.45) is 0. The van der Waals surface area contributed by atoms with Crippen molar-refractivity contribution in [2.45, 2.75) is 39.5 Å². The minimum absolute atomic E-state index is 0.152. The maximum Gasteiger partial charge on any atom is 0.187 e. The lowest BCUT2D eigenvalue weighted by Gasteiger charge is -2.05. The molecular weight excluding hydrogens is 267 g/mol. The van der Waals surface area contributed by atoms with Crippen molar-refractivity contribution in [2.24, 2.45) is 0 Å². The van der Waals surface area contributed by atoms with Crippen molar-refractivity contribution in [3.63, 3.8) is 0 Å². The van der Waals surface area contributed by atoms with Gasteiger partial charge in [-0.2, -0.15) is 9.19 Å². The smallest absolute Gasteiger partial charge is 0.179 e. The first-order valence-corrected chi connectivity index (χ1v) is 6.03. The second kappa shape index (κ2) is 4.66. The van der Waals surface area contributed by atoms with Crippen LogP contribution in [0.15, 0.2) is 4.47 Å². The van der Waals surface area contributed by atoms with Crippen molar-refractivity contribution < 1.29 is 3.89 Å². The van der Waals surface area contributed by atoms with Crippen LogP contribution >= 0.6 is 28.3 Å². The fourth-order valence-electron chi connectivity index (χ4n) is 1.31. The molecule has 0 spiro atoms. The maximum atomic E-state index is 12.6. The Balaban J connectivity index is 3.25. The summed E-state index contributed by atoms with van der Waals surface area (Å²) in [6.45, 7) is 8.14. The van der Waals surface area contributed by atoms with Gasteiger partial charge in [-0.05, 0) is 27.8 Å². The predicted molar refractivity (Wildman–Crippen MR) is 62.2 cm³/mol. The SMILES string of the molecule is CC(C)c1nn(SF)c(C(C)C)c1Br. The second-order valence-corrected chi connectivity index (χ2v) is 5.11. The molecule has 0 bridgehead atoms. The summed E-state index contributed by atoms with van der Waals surface area (Å²) >= 11 is 3.63. The van der Waals surface area contributed by atoms with E-state index in [1.807, 2.05) is 27.7 Å². The van der Waals surface area contributed by atoms with Gasteiger partial charge in [-0.3, -0.25) is 0 Å². The molecule has 0 aliphatic rings. The van der Waals surface area contributed by atoms with E-state index in [1.54, 1.807) is 0 Å². The average molecular weight is 281 g/mol. The number of aromatic nitrogens is 2. The molecule has 0 radical (unpaired) electrons. The molecule has 1 rings (SSSR count). The summed E-state index contributed by atoms with van der Waals surface area (Å²) in [5.41, 5.74) is 1.82. The third kappa shape index (κ3) is 2.14. The van der Waals surface area contributed by atoms with Crippen LogP contribution in [0.1, 0.15) is 50.9 Å². The lowest BCUT2D eigenvalue weighted by molar-refractivity contribution is 0.748. The average Bonchev–Trinajstić information content (AvgIpc) is 2.42. The highest BCUT2D eigenvalue weighted by molar-refractivity contribution is 9.10. The van der Waals surface area contributed by atoms with Gasteiger partial charge in [0.2, 0.25) is 0 Å². The molecule has 0 fully saturated rings. The highest BCUT2D eigenvalue weighted by atomic mass is 79.9. The van der Waals surface area contributed by atoms with Crippen molar-refractivity contribution in [3.8, 4) is 0 Å². The summed E-state index contributed by atoms with van der Waals surface area (Å²) in [5.74, 6) is 0.558. The largest absolute Gasteiger partial charge is 0.187 e. The van der Waals surface area contributed by atoms with Gasteiger partial charge in [-0.25, -0.2) is 0 Å². The molecule has 0 amide bonds. The number of rotatable bonds is 3. The van der Waals surface area contributed by atoms with Crippen LogP contribution in [0.5, 0.6) is 0 Å². The van der Waals surface area contributed by atoms with Crippen molar-refractivity contribution in [1.29, 1.82) is 0 Å². The molecule has 0 aliphatic carbocycles. The van der Waals surface area contributed by atoms with E-state index in [1.165, 1.54) is 4.09 Å². The van der Waals surface area contributed by atoms with E-state index >= 15 is 0 Å². The van der Waals surface area contributed by atoms with Gasteiger partial charge in [0.1, 0.15) is 0 Å². The van der Waals surface area contributed by atoms with Crippen molar-refractivity contribution in [1.82, 2.24) is 9.19 Å². The van der Waals surface area contributed by atoms with Gasteiger partial charge in [0.25, 0.3) is 0 Å². The molecule has 1 heterocycles. The first kappa shape index (κ1) is 12.0. The molecule has 0 N–H and O–H groups in total. The quantitative estimate of drug-likeness (QED) is 0.823. The van der Waals surface area contributed by atoms with Gasteiger partial charge in [0.05, 0.1) is 15.9 Å². The van der Waals surface area contributed by atoms with Crippen LogP contribution in [-0.2, 0) is 0 Å². The third-order valence-corrected chi connectivity index (χ3v) is 3.24. The van der Waals surface area contributed by atoms with E-state index in [-0.39, 0.29) is 18.3 Å². The molecule has 0 atom stereocenters. The summed E-state index contributed by atoms with van der Waals surface area (Å²) in [7, 11) is 0. The highest BCUT2D eigenvalue weighted by Crippen LogP contribution is 2.34. The van der Waals surface area contributed by atoms with E-state index in [4.69, 9.17) is 0 Å². The Bertz CT molecular complexity index is 323. The molecule has 5 heteroatoms. The number of hydrogen-bond donors (Lipinski definition) is 0. The van der Waals surface area contributed by atoms with Gasteiger partial charge in [0, 0.05) is 0 Å². The van der Waals surface area contributed by atoms with E-state index in [0.29, 0.717) is 5.92 Å². The normalized spacial score (nSPS) is 11.7. The number of halogens is 2. The fourth-order valence-corrected chi connectivity index (χ4v) is 3.08. The molecular formula is C9H14BrFN2S. The van der Waals surface area contributed by atoms with Crippen molar-refractivity contribution >= 4 is 28.3 Å². The lowest BCUT2D eigenvalue weighted by atomic mass is 10.1. The topological polar surface area (TPSA) is 17.8 Å². The van der Waals surface area contributed by atoms with Crippen LogP contribution in [0.2, 0.25) is 0 Å². The van der Waals surface area contributed by atoms with Gasteiger partial charge >= 0.3 is 0 Å². The van der Waals surface area contributed by atoms with Gasteiger partial charge < -0.3 is 0 Å². The Labute approximate surface area is 96.8 Å². The Kier molecular flexibility index (Phi) is 4.01. The minimum atomic E-state index is 0.152. The minimum Gasteiger partial charge on any atom is -0.179 e. The summed E-state index contributed by atoms with van der Waals surface area (Å²) < 4.78 is 14.9. The van der Waals surface area contributed by atoms with Crippen LogP contribution in [0.25, 0.3) is 0 Å². The lowest BCUT2D eigenvalue weighted by Crippen LogP contribution is -1.97. The predicted octanol–water partition coefficient (Wildman–Crippen LogP) is 4.27. The van der Waals surface area contributed by atoms with Crippen LogP contribution in [0, 0.1) is 0 Å². The third-order valence-electron chi connectivity index (χ3n) is 2.01. The molecule has 1 aromatic rings. The Morgan fingerprint density at radius 2 is 1.86 bits per heavy atom. The van der Waals surface area contributed by atoms with E-state index < -0.39 is 0 Å². The molecule has 0 unspecified atom stereocenters. The van der Waals surface area contributed by atoms with Crippen molar-refractivity contribution in [2.75, 3.05) is 0 Å². The van der Waals surface area contributed by atoms with Crippen molar-refractivity contribution in [3.05, 3.63) is 15.9 Å². The monoisotopic (exact) mass is 280 g/mol. The Morgan fingerprint density at radius 1 is 1.29 bits per heavy atom. The summed E-state index contributed by atoms with van der Waals surface area (Å²) in [5, 5.41) is 4.21. The maximum absolute atomic E-state index is 12.6. The molecule has 1 aromatic heterocycles. The van der Waals surface area contributed by atoms with Crippen LogP contribution in [-0.4, -0.2) is 9.19 Å².